The molecule has 2 atom stereocenters. The molecule has 0 radical (unpaired) electrons. The normalized spacial score (nSPS) is 23.5. The van der Waals surface area contributed by atoms with Crippen LogP contribution in [0.2, 0.25) is 5.02 Å². The van der Waals surface area contributed by atoms with Crippen molar-refractivity contribution in [3.05, 3.63) is 34.3 Å². The Hall–Kier alpha value is -0.570. The highest BCUT2D eigenvalue weighted by Crippen LogP contribution is 2.22. The van der Waals surface area contributed by atoms with Crippen molar-refractivity contribution < 1.29 is 4.74 Å². The second kappa shape index (κ2) is 6.55. The molecule has 0 spiro atoms. The van der Waals surface area contributed by atoms with E-state index in [9.17, 15) is 0 Å². The van der Waals surface area contributed by atoms with Crippen LogP contribution in [0, 0.1) is 12.8 Å². The smallest absolute Gasteiger partial charge is 0.0613 e. The number of hydrogen-bond donors (Lipinski definition) is 1. The lowest BCUT2D eigenvalue weighted by atomic mass is 9.99. The highest BCUT2D eigenvalue weighted by molar-refractivity contribution is 6.31. The summed E-state index contributed by atoms with van der Waals surface area (Å²) in [4.78, 5) is 0. The molecular formula is C15H22ClNO. The van der Waals surface area contributed by atoms with Gasteiger partial charge in [-0.2, -0.15) is 0 Å². The molecule has 0 aromatic heterocycles. The summed E-state index contributed by atoms with van der Waals surface area (Å²) in [5.74, 6) is 0.663. The van der Waals surface area contributed by atoms with E-state index in [1.165, 1.54) is 12.0 Å². The number of rotatable bonds is 5. The molecule has 100 valence electrons. The van der Waals surface area contributed by atoms with Crippen molar-refractivity contribution in [2.75, 3.05) is 13.2 Å². The Morgan fingerprint density at radius 2 is 2.28 bits per heavy atom. The van der Waals surface area contributed by atoms with Crippen LogP contribution in [0.4, 0.5) is 0 Å². The molecule has 1 heterocycles. The first-order chi connectivity index (χ1) is 8.70. The van der Waals surface area contributed by atoms with Gasteiger partial charge in [-0.15, -0.1) is 0 Å². The molecule has 1 aromatic rings. The van der Waals surface area contributed by atoms with Gasteiger partial charge in [0, 0.05) is 24.7 Å². The van der Waals surface area contributed by atoms with E-state index in [1.807, 2.05) is 13.0 Å². The van der Waals surface area contributed by atoms with Gasteiger partial charge in [0.2, 0.25) is 0 Å². The number of benzene rings is 1. The summed E-state index contributed by atoms with van der Waals surface area (Å²) in [6.07, 6.45) is 2.74. The van der Waals surface area contributed by atoms with Crippen molar-refractivity contribution in [2.45, 2.75) is 39.3 Å². The van der Waals surface area contributed by atoms with E-state index < -0.39 is 0 Å². The fourth-order valence-corrected chi connectivity index (χ4v) is 2.73. The maximum atomic E-state index is 6.12. The first-order valence-corrected chi connectivity index (χ1v) is 7.16. The first-order valence-electron chi connectivity index (χ1n) is 6.78. The second-order valence-electron chi connectivity index (χ2n) is 5.08. The van der Waals surface area contributed by atoms with Crippen LogP contribution < -0.4 is 5.32 Å². The zero-order valence-electron chi connectivity index (χ0n) is 11.2. The monoisotopic (exact) mass is 267 g/mol. The van der Waals surface area contributed by atoms with Gasteiger partial charge in [0.1, 0.15) is 0 Å². The Bertz CT molecular complexity index is 394. The molecule has 1 aliphatic rings. The zero-order valence-corrected chi connectivity index (χ0v) is 12.0. The lowest BCUT2D eigenvalue weighted by molar-refractivity contribution is 0.0872. The van der Waals surface area contributed by atoms with Crippen molar-refractivity contribution >= 4 is 11.6 Å². The molecular weight excluding hydrogens is 246 g/mol. The van der Waals surface area contributed by atoms with Gasteiger partial charge < -0.3 is 10.1 Å². The van der Waals surface area contributed by atoms with Gasteiger partial charge in [-0.1, -0.05) is 30.7 Å². The van der Waals surface area contributed by atoms with Crippen molar-refractivity contribution in [3.8, 4) is 0 Å². The summed E-state index contributed by atoms with van der Waals surface area (Å²) in [5.41, 5.74) is 2.38. The van der Waals surface area contributed by atoms with Gasteiger partial charge in [-0.05, 0) is 42.9 Å². The van der Waals surface area contributed by atoms with Crippen molar-refractivity contribution in [3.63, 3.8) is 0 Å². The van der Waals surface area contributed by atoms with Crippen LogP contribution >= 0.6 is 11.6 Å². The van der Waals surface area contributed by atoms with Gasteiger partial charge in [-0.25, -0.2) is 0 Å². The molecule has 1 saturated heterocycles. The number of nitrogens with one attached hydrogen (secondary N) is 1. The van der Waals surface area contributed by atoms with Crippen LogP contribution in [0.5, 0.6) is 0 Å². The molecule has 2 unspecified atom stereocenters. The standard InChI is InChI=1S/C15H22ClNO/c1-3-15-13(6-7-18-15)10-17-9-12-5-4-11(2)14(16)8-12/h4-5,8,13,15,17H,3,6-7,9-10H2,1-2H3. The molecule has 2 nitrogen and oxygen atoms in total. The van der Waals surface area contributed by atoms with E-state index in [-0.39, 0.29) is 0 Å². The predicted octanol–water partition coefficient (Wildman–Crippen LogP) is 3.55. The third kappa shape index (κ3) is 3.47. The van der Waals surface area contributed by atoms with Gasteiger partial charge in [0.25, 0.3) is 0 Å². The Kier molecular flexibility index (Phi) is 5.04. The lowest BCUT2D eigenvalue weighted by Gasteiger charge is -2.17. The quantitative estimate of drug-likeness (QED) is 0.881. The average molecular weight is 268 g/mol. The third-order valence-corrected chi connectivity index (χ3v) is 4.13. The van der Waals surface area contributed by atoms with Gasteiger partial charge in [0.15, 0.2) is 0 Å². The molecule has 2 rings (SSSR count). The summed E-state index contributed by atoms with van der Waals surface area (Å²) < 4.78 is 5.69. The minimum atomic E-state index is 0.444. The fraction of sp³-hybridized carbons (Fsp3) is 0.600. The zero-order chi connectivity index (χ0) is 13.0. The number of aryl methyl sites for hydroxylation is 1. The van der Waals surface area contributed by atoms with E-state index in [2.05, 4.69) is 24.4 Å². The van der Waals surface area contributed by atoms with Crippen LogP contribution in [0.3, 0.4) is 0 Å². The summed E-state index contributed by atoms with van der Waals surface area (Å²) in [5, 5.41) is 4.37. The fourth-order valence-electron chi connectivity index (χ4n) is 2.53. The van der Waals surface area contributed by atoms with E-state index >= 15 is 0 Å². The Labute approximate surface area is 115 Å². The van der Waals surface area contributed by atoms with Gasteiger partial charge in [-0.3, -0.25) is 0 Å². The lowest BCUT2D eigenvalue weighted by Crippen LogP contribution is -2.27. The van der Waals surface area contributed by atoms with Gasteiger partial charge >= 0.3 is 0 Å². The van der Waals surface area contributed by atoms with E-state index in [4.69, 9.17) is 16.3 Å². The Morgan fingerprint density at radius 3 is 3.00 bits per heavy atom. The van der Waals surface area contributed by atoms with Crippen LogP contribution in [0.25, 0.3) is 0 Å². The van der Waals surface area contributed by atoms with Crippen molar-refractivity contribution in [1.82, 2.24) is 5.32 Å². The van der Waals surface area contributed by atoms with Crippen molar-refractivity contribution in [1.29, 1.82) is 0 Å². The molecule has 1 fully saturated rings. The Morgan fingerprint density at radius 1 is 1.44 bits per heavy atom. The van der Waals surface area contributed by atoms with E-state index in [0.717, 1.165) is 36.7 Å². The topological polar surface area (TPSA) is 21.3 Å². The molecule has 0 amide bonds. The molecule has 0 bridgehead atoms. The highest BCUT2D eigenvalue weighted by Gasteiger charge is 2.25. The summed E-state index contributed by atoms with van der Waals surface area (Å²) >= 11 is 6.12. The third-order valence-electron chi connectivity index (χ3n) is 3.72. The molecule has 1 aromatic carbocycles. The van der Waals surface area contributed by atoms with Crippen LogP contribution in [-0.4, -0.2) is 19.3 Å². The second-order valence-corrected chi connectivity index (χ2v) is 5.49. The largest absolute Gasteiger partial charge is 0.378 e. The number of hydrogen-bond acceptors (Lipinski definition) is 2. The molecule has 18 heavy (non-hydrogen) atoms. The first kappa shape index (κ1) is 13.9. The summed E-state index contributed by atoms with van der Waals surface area (Å²) in [6, 6.07) is 6.26. The van der Waals surface area contributed by atoms with Crippen molar-refractivity contribution in [2.24, 2.45) is 5.92 Å². The molecule has 3 heteroatoms. The highest BCUT2D eigenvalue weighted by atomic mass is 35.5. The Balaban J connectivity index is 1.79. The molecule has 0 saturated carbocycles. The maximum Gasteiger partial charge on any atom is 0.0613 e. The molecule has 1 N–H and O–H groups in total. The predicted molar refractivity (Wildman–Crippen MR) is 76.0 cm³/mol. The summed E-state index contributed by atoms with van der Waals surface area (Å²) in [6.45, 7) is 7.06. The minimum Gasteiger partial charge on any atom is -0.378 e. The van der Waals surface area contributed by atoms with Crippen LogP contribution in [-0.2, 0) is 11.3 Å². The van der Waals surface area contributed by atoms with Gasteiger partial charge in [0.05, 0.1) is 6.10 Å². The average Bonchev–Trinajstić information content (AvgIpc) is 2.81. The maximum absolute atomic E-state index is 6.12. The summed E-state index contributed by atoms with van der Waals surface area (Å²) in [7, 11) is 0. The van der Waals surface area contributed by atoms with Crippen LogP contribution in [0.15, 0.2) is 18.2 Å². The number of ether oxygens (including phenoxy) is 1. The molecule has 0 aliphatic carbocycles. The molecule has 1 aliphatic heterocycles. The SMILES string of the molecule is CCC1OCCC1CNCc1ccc(C)c(Cl)c1. The van der Waals surface area contributed by atoms with E-state index in [0.29, 0.717) is 12.0 Å². The van der Waals surface area contributed by atoms with E-state index in [1.54, 1.807) is 0 Å². The minimum absolute atomic E-state index is 0.444. The van der Waals surface area contributed by atoms with Crippen LogP contribution in [0.1, 0.15) is 30.9 Å². The number of halogens is 1.